The van der Waals surface area contributed by atoms with Gasteiger partial charge in [-0.1, -0.05) is 0 Å². The minimum absolute atomic E-state index is 0.0505. The number of halogens is 2. The third kappa shape index (κ3) is 4.94. The van der Waals surface area contributed by atoms with E-state index in [1.807, 2.05) is 4.72 Å². The molecule has 0 heterocycles. The Balaban J connectivity index is 2.99. The predicted octanol–water partition coefficient (Wildman–Crippen LogP) is 1.14. The average molecular weight is 332 g/mol. The Morgan fingerprint density at radius 1 is 1.32 bits per heavy atom. The number of hydrogen-bond acceptors (Lipinski definition) is 5. The molecule has 0 saturated carbocycles. The molecule has 6 nitrogen and oxygen atoms in total. The molecule has 0 spiro atoms. The van der Waals surface area contributed by atoms with E-state index in [1.165, 1.54) is 7.11 Å². The van der Waals surface area contributed by atoms with Crippen LogP contribution in [0.5, 0.6) is 0 Å². The summed E-state index contributed by atoms with van der Waals surface area (Å²) in [7, 11) is -1.47. The first-order valence-corrected chi connectivity index (χ1v) is 8.85. The van der Waals surface area contributed by atoms with Crippen molar-refractivity contribution >= 4 is 35.4 Å². The van der Waals surface area contributed by atoms with Crippen molar-refractivity contribution in [2.24, 2.45) is 0 Å². The molecule has 0 radical (unpaired) electrons. The van der Waals surface area contributed by atoms with E-state index >= 15 is 0 Å². The second-order valence-corrected chi connectivity index (χ2v) is 7.90. The van der Waals surface area contributed by atoms with E-state index in [9.17, 15) is 21.2 Å². The first-order chi connectivity index (χ1) is 8.65. The van der Waals surface area contributed by atoms with Gasteiger partial charge in [-0.25, -0.2) is 21.2 Å². The third-order valence-electron chi connectivity index (χ3n) is 2.04. The molecule has 0 aliphatic carbocycles. The van der Waals surface area contributed by atoms with Gasteiger partial charge in [0.1, 0.15) is 5.82 Å². The smallest absolute Gasteiger partial charge is 0.261 e. The highest BCUT2D eigenvalue weighted by Crippen LogP contribution is 2.22. The Morgan fingerprint density at radius 3 is 2.42 bits per heavy atom. The monoisotopic (exact) mass is 331 g/mol. The van der Waals surface area contributed by atoms with Crippen LogP contribution in [0.2, 0.25) is 0 Å². The maximum Gasteiger partial charge on any atom is 0.261 e. The molecule has 10 heteroatoms. The van der Waals surface area contributed by atoms with Gasteiger partial charge in [0.2, 0.25) is 10.0 Å². The zero-order valence-corrected chi connectivity index (χ0v) is 12.1. The molecule has 19 heavy (non-hydrogen) atoms. The minimum Gasteiger partial charge on any atom is -0.384 e. The number of anilines is 1. The fourth-order valence-corrected chi connectivity index (χ4v) is 2.89. The SMILES string of the molecule is COCCS(=O)(=O)Nc1ccc(S(=O)(=O)Cl)cc1F. The molecule has 0 saturated heterocycles. The van der Waals surface area contributed by atoms with Crippen LogP contribution in [0, 0.1) is 5.82 Å². The van der Waals surface area contributed by atoms with Crippen LogP contribution >= 0.6 is 10.7 Å². The largest absolute Gasteiger partial charge is 0.384 e. The highest BCUT2D eigenvalue weighted by molar-refractivity contribution is 8.13. The Bertz CT molecular complexity index is 659. The number of sulfonamides is 1. The number of hydrogen-bond donors (Lipinski definition) is 1. The molecule has 1 rings (SSSR count). The van der Waals surface area contributed by atoms with Crippen LogP contribution in [-0.4, -0.2) is 36.3 Å². The molecule has 0 atom stereocenters. The first kappa shape index (κ1) is 16.2. The van der Waals surface area contributed by atoms with Crippen molar-refractivity contribution in [3.63, 3.8) is 0 Å². The van der Waals surface area contributed by atoms with E-state index in [2.05, 4.69) is 4.74 Å². The third-order valence-corrected chi connectivity index (χ3v) is 4.63. The molecule has 108 valence electrons. The number of nitrogens with one attached hydrogen (secondary N) is 1. The Kier molecular flexibility index (Phi) is 5.13. The summed E-state index contributed by atoms with van der Waals surface area (Å²) in [6.07, 6.45) is 0. The standard InChI is InChI=1S/C9H11ClFNO5S2/c1-17-4-5-18(13,14)12-9-3-2-7(6-8(9)11)19(10,15)16/h2-3,6,12H,4-5H2,1H3. The molecule has 1 aromatic rings. The second kappa shape index (κ2) is 6.04. The normalized spacial score (nSPS) is 12.4. The summed E-state index contributed by atoms with van der Waals surface area (Å²) < 4.78 is 65.0. The summed E-state index contributed by atoms with van der Waals surface area (Å²) >= 11 is 0. The van der Waals surface area contributed by atoms with Gasteiger partial charge in [-0.15, -0.1) is 0 Å². The number of ether oxygens (including phenoxy) is 1. The summed E-state index contributed by atoms with van der Waals surface area (Å²) in [4.78, 5) is -0.452. The predicted molar refractivity (Wildman–Crippen MR) is 68.7 cm³/mol. The van der Waals surface area contributed by atoms with Gasteiger partial charge in [0, 0.05) is 17.8 Å². The number of benzene rings is 1. The first-order valence-electron chi connectivity index (χ1n) is 4.89. The zero-order chi connectivity index (χ0) is 14.7. The molecule has 0 aromatic heterocycles. The van der Waals surface area contributed by atoms with Crippen LogP contribution in [0.15, 0.2) is 23.1 Å². The van der Waals surface area contributed by atoms with Crippen LogP contribution < -0.4 is 4.72 Å². The molecular weight excluding hydrogens is 321 g/mol. The van der Waals surface area contributed by atoms with Crippen molar-refractivity contribution in [1.82, 2.24) is 0 Å². The average Bonchev–Trinajstić information content (AvgIpc) is 2.27. The van der Waals surface area contributed by atoms with Crippen LogP contribution in [0.1, 0.15) is 0 Å². The van der Waals surface area contributed by atoms with Crippen molar-refractivity contribution < 1.29 is 26.0 Å². The van der Waals surface area contributed by atoms with Gasteiger partial charge < -0.3 is 4.74 Å². The van der Waals surface area contributed by atoms with Gasteiger partial charge in [0.05, 0.1) is 22.9 Å². The highest BCUT2D eigenvalue weighted by atomic mass is 35.7. The summed E-state index contributed by atoms with van der Waals surface area (Å²) in [6.45, 7) is -0.0505. The molecule has 0 fully saturated rings. The summed E-state index contributed by atoms with van der Waals surface area (Å²) in [5, 5.41) is 0. The van der Waals surface area contributed by atoms with Crippen molar-refractivity contribution in [3.05, 3.63) is 24.0 Å². The summed E-state index contributed by atoms with van der Waals surface area (Å²) in [5.41, 5.74) is -0.361. The minimum atomic E-state index is -4.06. The maximum absolute atomic E-state index is 13.6. The second-order valence-electron chi connectivity index (χ2n) is 3.49. The molecule has 0 bridgehead atoms. The van der Waals surface area contributed by atoms with Crippen LogP contribution in [0.4, 0.5) is 10.1 Å². The molecule has 0 aliphatic rings. The Hall–Kier alpha value is -0.900. The van der Waals surface area contributed by atoms with E-state index in [0.29, 0.717) is 6.07 Å². The fraction of sp³-hybridized carbons (Fsp3) is 0.333. The van der Waals surface area contributed by atoms with Gasteiger partial charge in [-0.05, 0) is 18.2 Å². The Labute approximate surface area is 115 Å². The fourth-order valence-electron chi connectivity index (χ4n) is 1.14. The lowest BCUT2D eigenvalue weighted by Crippen LogP contribution is -2.20. The van der Waals surface area contributed by atoms with Gasteiger partial charge in [-0.3, -0.25) is 4.72 Å². The lowest BCUT2D eigenvalue weighted by atomic mass is 10.3. The lowest BCUT2D eigenvalue weighted by molar-refractivity contribution is 0.217. The van der Waals surface area contributed by atoms with Crippen molar-refractivity contribution in [2.45, 2.75) is 4.90 Å². The highest BCUT2D eigenvalue weighted by Gasteiger charge is 2.16. The molecule has 1 aromatic carbocycles. The van der Waals surface area contributed by atoms with E-state index < -0.39 is 29.8 Å². The van der Waals surface area contributed by atoms with Gasteiger partial charge in [0.15, 0.2) is 0 Å². The van der Waals surface area contributed by atoms with Gasteiger partial charge in [-0.2, -0.15) is 0 Å². The number of rotatable bonds is 6. The topological polar surface area (TPSA) is 89.5 Å². The molecule has 1 N–H and O–H groups in total. The quantitative estimate of drug-likeness (QED) is 0.789. The van der Waals surface area contributed by atoms with Crippen LogP contribution in [0.3, 0.4) is 0 Å². The zero-order valence-electron chi connectivity index (χ0n) is 9.76. The van der Waals surface area contributed by atoms with Crippen molar-refractivity contribution in [3.8, 4) is 0 Å². The van der Waals surface area contributed by atoms with E-state index in [4.69, 9.17) is 10.7 Å². The molecular formula is C9H11ClFNO5S2. The van der Waals surface area contributed by atoms with Crippen molar-refractivity contribution in [1.29, 1.82) is 0 Å². The molecule has 0 aliphatic heterocycles. The van der Waals surface area contributed by atoms with Gasteiger partial charge in [0.25, 0.3) is 9.05 Å². The number of methoxy groups -OCH3 is 1. The van der Waals surface area contributed by atoms with Crippen molar-refractivity contribution in [2.75, 3.05) is 24.2 Å². The summed E-state index contributed by atoms with van der Waals surface area (Å²) in [5.74, 6) is -1.39. The van der Waals surface area contributed by atoms with E-state index in [1.54, 1.807) is 0 Å². The van der Waals surface area contributed by atoms with E-state index in [0.717, 1.165) is 12.1 Å². The maximum atomic E-state index is 13.6. The van der Waals surface area contributed by atoms with Crippen LogP contribution in [0.25, 0.3) is 0 Å². The summed E-state index contributed by atoms with van der Waals surface area (Å²) in [6, 6.07) is 2.62. The molecule has 0 amide bonds. The van der Waals surface area contributed by atoms with Gasteiger partial charge >= 0.3 is 0 Å². The molecule has 0 unspecified atom stereocenters. The Morgan fingerprint density at radius 2 is 1.95 bits per heavy atom. The van der Waals surface area contributed by atoms with Crippen LogP contribution in [-0.2, 0) is 23.8 Å². The van der Waals surface area contributed by atoms with E-state index in [-0.39, 0.29) is 18.0 Å². The lowest BCUT2D eigenvalue weighted by Gasteiger charge is -2.09.